The van der Waals surface area contributed by atoms with E-state index in [9.17, 15) is 17.6 Å². The predicted molar refractivity (Wildman–Crippen MR) is 134 cm³/mol. The Labute approximate surface area is 218 Å². The van der Waals surface area contributed by atoms with Crippen LogP contribution in [0.3, 0.4) is 0 Å². The molecule has 1 fully saturated rings. The molecule has 38 heavy (non-hydrogen) atoms. The number of benzene rings is 3. The number of unbranched alkanes of at least 4 members (excludes halogenated alkanes) is 1. The summed E-state index contributed by atoms with van der Waals surface area (Å²) in [5.41, 5.74) is 0.873. The van der Waals surface area contributed by atoms with Gasteiger partial charge < -0.3 is 9.47 Å². The van der Waals surface area contributed by atoms with Gasteiger partial charge in [0.25, 0.3) is 0 Å². The Balaban J connectivity index is 1.47. The molecule has 0 N–H and O–H groups in total. The monoisotopic (exact) mass is 536 g/mol. The highest BCUT2D eigenvalue weighted by Gasteiger charge is 2.36. The van der Waals surface area contributed by atoms with Crippen LogP contribution >= 0.6 is 0 Å². The summed E-state index contributed by atoms with van der Waals surface area (Å²) in [7, 11) is 0. The van der Waals surface area contributed by atoms with Crippen LogP contribution in [0.2, 0.25) is 0 Å². The molecule has 0 unspecified atom stereocenters. The lowest BCUT2D eigenvalue weighted by atomic mass is 9.77. The molecule has 3 aromatic carbocycles. The highest BCUT2D eigenvalue weighted by atomic mass is 19.4. The summed E-state index contributed by atoms with van der Waals surface area (Å²) in [6, 6.07) is 14.6. The van der Waals surface area contributed by atoms with E-state index in [1.54, 1.807) is 12.1 Å². The lowest BCUT2D eigenvalue weighted by Crippen LogP contribution is -2.22. The molecule has 8 heteroatoms. The second-order valence-electron chi connectivity index (χ2n) is 9.79. The number of ether oxygens (including phenoxy) is 2. The average Bonchev–Trinajstić information content (AvgIpc) is 2.88. The summed E-state index contributed by atoms with van der Waals surface area (Å²) in [5, 5.41) is 0. The first-order chi connectivity index (χ1) is 18.1. The molecule has 0 saturated heterocycles. The summed E-state index contributed by atoms with van der Waals surface area (Å²) in [5.74, 6) is -1.42. The smallest absolute Gasteiger partial charge is 0.428 e. The van der Waals surface area contributed by atoms with Crippen molar-refractivity contribution < 1.29 is 35.8 Å². The molecular formula is C30H30F6O2. The van der Waals surface area contributed by atoms with E-state index in [1.807, 2.05) is 0 Å². The van der Waals surface area contributed by atoms with Crippen molar-refractivity contribution in [1.29, 1.82) is 0 Å². The van der Waals surface area contributed by atoms with Gasteiger partial charge in [0, 0.05) is 5.56 Å². The van der Waals surface area contributed by atoms with Crippen LogP contribution in [0.15, 0.2) is 66.7 Å². The maximum atomic E-state index is 15.2. The zero-order valence-corrected chi connectivity index (χ0v) is 21.0. The van der Waals surface area contributed by atoms with Crippen LogP contribution in [0.4, 0.5) is 26.3 Å². The fourth-order valence-electron chi connectivity index (χ4n) is 5.09. The molecule has 4 rings (SSSR count). The van der Waals surface area contributed by atoms with E-state index in [2.05, 4.69) is 11.7 Å². The first-order valence-corrected chi connectivity index (χ1v) is 12.9. The molecule has 204 valence electrons. The third-order valence-electron chi connectivity index (χ3n) is 7.12. The molecule has 0 radical (unpaired) electrons. The Morgan fingerprint density at radius 2 is 1.47 bits per heavy atom. The third kappa shape index (κ3) is 7.03. The number of rotatable bonds is 9. The lowest BCUT2D eigenvalue weighted by Gasteiger charge is -2.29. The van der Waals surface area contributed by atoms with E-state index in [4.69, 9.17) is 4.74 Å². The van der Waals surface area contributed by atoms with Crippen molar-refractivity contribution in [2.24, 2.45) is 5.92 Å². The van der Waals surface area contributed by atoms with E-state index in [0.29, 0.717) is 5.92 Å². The first-order valence-electron chi connectivity index (χ1n) is 12.9. The molecule has 3 aromatic rings. The second kappa shape index (κ2) is 11.7. The van der Waals surface area contributed by atoms with Gasteiger partial charge in [0.2, 0.25) is 0 Å². The standard InChI is InChI=1S/C30H30F6O2/c1-2-3-6-20-9-11-21(12-10-20)22-13-16-24(17-14-22)29(32,33)37-27-8-5-4-7-25(27)23-15-18-28(26(31)19-23)38-30(34,35)36/h4-5,7-8,13-21H,2-3,6,9-12H2,1H3/t20-,21-. The summed E-state index contributed by atoms with van der Waals surface area (Å²) in [6.07, 6.45) is -0.630. The van der Waals surface area contributed by atoms with E-state index in [-0.39, 0.29) is 22.4 Å². The van der Waals surface area contributed by atoms with Crippen molar-refractivity contribution in [3.8, 4) is 22.6 Å². The highest BCUT2D eigenvalue weighted by molar-refractivity contribution is 5.71. The zero-order valence-electron chi connectivity index (χ0n) is 21.0. The lowest BCUT2D eigenvalue weighted by molar-refractivity contribution is -0.275. The third-order valence-corrected chi connectivity index (χ3v) is 7.12. The van der Waals surface area contributed by atoms with Crippen LogP contribution in [-0.4, -0.2) is 6.36 Å². The molecule has 0 aliphatic heterocycles. The molecular weight excluding hydrogens is 506 g/mol. The number of hydrogen-bond acceptors (Lipinski definition) is 2. The van der Waals surface area contributed by atoms with Crippen molar-refractivity contribution in [3.63, 3.8) is 0 Å². The Kier molecular flexibility index (Phi) is 8.58. The fraction of sp³-hybridized carbons (Fsp3) is 0.400. The quantitative estimate of drug-likeness (QED) is 0.253. The molecule has 0 atom stereocenters. The van der Waals surface area contributed by atoms with Crippen LogP contribution in [-0.2, 0) is 6.11 Å². The minimum Gasteiger partial charge on any atom is -0.428 e. The molecule has 1 aliphatic rings. The van der Waals surface area contributed by atoms with Gasteiger partial charge >= 0.3 is 12.5 Å². The van der Waals surface area contributed by atoms with Crippen molar-refractivity contribution >= 4 is 0 Å². The fourth-order valence-corrected chi connectivity index (χ4v) is 5.09. The van der Waals surface area contributed by atoms with E-state index in [0.717, 1.165) is 55.4 Å². The van der Waals surface area contributed by atoms with Gasteiger partial charge in [-0.3, -0.25) is 0 Å². The number of halogens is 6. The van der Waals surface area contributed by atoms with E-state index in [1.165, 1.54) is 55.7 Å². The minimum absolute atomic E-state index is 0.0633. The maximum absolute atomic E-state index is 15.2. The molecule has 1 aliphatic carbocycles. The summed E-state index contributed by atoms with van der Waals surface area (Å²) < 4.78 is 90.7. The van der Waals surface area contributed by atoms with Gasteiger partial charge in [-0.1, -0.05) is 62.6 Å². The van der Waals surface area contributed by atoms with Crippen molar-refractivity contribution in [3.05, 3.63) is 83.7 Å². The molecule has 0 aromatic heterocycles. The predicted octanol–water partition coefficient (Wildman–Crippen LogP) is 9.98. The largest absolute Gasteiger partial charge is 0.573 e. The summed E-state index contributed by atoms with van der Waals surface area (Å²) in [4.78, 5) is 0. The zero-order chi connectivity index (χ0) is 27.3. The van der Waals surface area contributed by atoms with E-state index < -0.39 is 24.0 Å². The van der Waals surface area contributed by atoms with Gasteiger partial charge in [0.05, 0.1) is 5.56 Å². The van der Waals surface area contributed by atoms with Crippen LogP contribution in [0.5, 0.6) is 11.5 Å². The molecule has 2 nitrogen and oxygen atoms in total. The van der Waals surface area contributed by atoms with Gasteiger partial charge in [-0.25, -0.2) is 4.39 Å². The van der Waals surface area contributed by atoms with Crippen LogP contribution in [0.25, 0.3) is 11.1 Å². The molecule has 0 heterocycles. The average molecular weight is 537 g/mol. The SMILES string of the molecule is CCCC[C@H]1CC[C@H](c2ccc(C(F)(F)Oc3ccccc3-c3ccc(OC(F)(F)F)c(F)c3)cc2)CC1. The molecule has 0 bridgehead atoms. The van der Waals surface area contributed by atoms with Crippen molar-refractivity contribution in [2.75, 3.05) is 0 Å². The number of para-hydroxylation sites is 1. The summed E-state index contributed by atoms with van der Waals surface area (Å²) >= 11 is 0. The Bertz CT molecular complexity index is 1200. The normalized spacial score (nSPS) is 18.3. The molecule has 0 amide bonds. The molecule has 0 spiro atoms. The van der Waals surface area contributed by atoms with Crippen molar-refractivity contribution in [1.82, 2.24) is 0 Å². The van der Waals surface area contributed by atoms with Gasteiger partial charge in [0.1, 0.15) is 5.75 Å². The summed E-state index contributed by atoms with van der Waals surface area (Å²) in [6.45, 7) is 2.19. The Morgan fingerprint density at radius 1 is 0.789 bits per heavy atom. The maximum Gasteiger partial charge on any atom is 0.573 e. The Hall–Kier alpha value is -3.16. The highest BCUT2D eigenvalue weighted by Crippen LogP contribution is 2.41. The van der Waals surface area contributed by atoms with Crippen molar-refractivity contribution in [2.45, 2.75) is 70.3 Å². The van der Waals surface area contributed by atoms with Gasteiger partial charge in [-0.15, -0.1) is 13.2 Å². The second-order valence-corrected chi connectivity index (χ2v) is 9.79. The topological polar surface area (TPSA) is 18.5 Å². The number of alkyl halides is 5. The van der Waals surface area contributed by atoms with Gasteiger partial charge in [-0.05, 0) is 79.0 Å². The van der Waals surface area contributed by atoms with Crippen LogP contribution in [0.1, 0.15) is 68.9 Å². The van der Waals surface area contributed by atoms with Gasteiger partial charge in [0.15, 0.2) is 11.6 Å². The number of hydrogen-bond donors (Lipinski definition) is 0. The first kappa shape index (κ1) is 27.9. The molecule has 1 saturated carbocycles. The van der Waals surface area contributed by atoms with Crippen LogP contribution in [0, 0.1) is 11.7 Å². The Morgan fingerprint density at radius 3 is 2.11 bits per heavy atom. The van der Waals surface area contributed by atoms with Crippen LogP contribution < -0.4 is 9.47 Å². The van der Waals surface area contributed by atoms with Gasteiger partial charge in [-0.2, -0.15) is 8.78 Å². The van der Waals surface area contributed by atoms with E-state index >= 15 is 8.78 Å². The minimum atomic E-state index is -5.06.